The summed E-state index contributed by atoms with van der Waals surface area (Å²) in [6.45, 7) is 0. The summed E-state index contributed by atoms with van der Waals surface area (Å²) in [6, 6.07) is 59.0. The molecule has 5 nitrogen and oxygen atoms in total. The van der Waals surface area contributed by atoms with E-state index in [9.17, 15) is 0 Å². The Balaban J connectivity index is 1.27. The molecule has 0 spiro atoms. The molecule has 0 N–H and O–H groups in total. The minimum atomic E-state index is 0.653. The molecular formula is C48H27N5. The van der Waals surface area contributed by atoms with Gasteiger partial charge in [-0.3, -0.25) is 9.13 Å². The third kappa shape index (κ3) is 3.37. The summed E-state index contributed by atoms with van der Waals surface area (Å²) in [5.41, 5.74) is 9.05. The van der Waals surface area contributed by atoms with E-state index < -0.39 is 0 Å². The van der Waals surface area contributed by atoms with Crippen molar-refractivity contribution >= 4 is 103 Å². The molecule has 5 heteroatoms. The summed E-state index contributed by atoms with van der Waals surface area (Å²) in [5.74, 6) is 1.52. The van der Waals surface area contributed by atoms with Crippen molar-refractivity contribution in [1.29, 1.82) is 0 Å². The van der Waals surface area contributed by atoms with E-state index in [1.807, 2.05) is 0 Å². The zero-order valence-corrected chi connectivity index (χ0v) is 28.3. The van der Waals surface area contributed by atoms with Gasteiger partial charge < -0.3 is 4.40 Å². The highest BCUT2D eigenvalue weighted by molar-refractivity contribution is 6.39. The first-order valence-electron chi connectivity index (χ1n) is 18.1. The first-order valence-corrected chi connectivity index (χ1v) is 18.1. The average molecular weight is 674 g/mol. The highest BCUT2D eigenvalue weighted by Gasteiger charge is 2.26. The highest BCUT2D eigenvalue weighted by Crippen LogP contribution is 2.48. The molecule has 53 heavy (non-hydrogen) atoms. The Morgan fingerprint density at radius 1 is 0.340 bits per heavy atom. The fourth-order valence-corrected chi connectivity index (χ4v) is 9.46. The van der Waals surface area contributed by atoms with Crippen LogP contribution in [0.15, 0.2) is 164 Å². The SMILES string of the molecule is c1ccc2c(c1)ccc1c2c2c3c4ccccc4n(-c4nc(-n5c6ccccc6c6ccccc65)nc5ccccc45)c3cc3c4ccccc4n1c32. The van der Waals surface area contributed by atoms with Crippen molar-refractivity contribution in [3.8, 4) is 11.8 Å². The van der Waals surface area contributed by atoms with Crippen molar-refractivity contribution < 1.29 is 0 Å². The highest BCUT2D eigenvalue weighted by atomic mass is 15.2. The van der Waals surface area contributed by atoms with Crippen LogP contribution in [0, 0.1) is 0 Å². The molecule has 13 aromatic rings. The molecule has 0 fully saturated rings. The molecule has 8 aromatic carbocycles. The van der Waals surface area contributed by atoms with Gasteiger partial charge >= 0.3 is 0 Å². The lowest BCUT2D eigenvalue weighted by Gasteiger charge is -2.14. The molecule has 244 valence electrons. The van der Waals surface area contributed by atoms with E-state index in [4.69, 9.17) is 9.97 Å². The summed E-state index contributed by atoms with van der Waals surface area (Å²) in [7, 11) is 0. The van der Waals surface area contributed by atoms with Gasteiger partial charge in [0.1, 0.15) is 0 Å². The standard InChI is InChI=1S/C48H27N5/c1-2-14-29-28(13-1)25-26-41-43(29)45-44-34-19-7-12-24-40(34)52(42(44)27-35-32-17-6-9-21-37(32)51(41)46(35)45)47-33-18-3-8-20-36(33)49-48(50-47)53-38-22-10-4-15-30(38)31-16-5-11-23-39(31)53/h1-27H. The first-order chi connectivity index (χ1) is 26.3. The lowest BCUT2D eigenvalue weighted by Crippen LogP contribution is -2.07. The van der Waals surface area contributed by atoms with Crippen LogP contribution < -0.4 is 0 Å². The molecule has 0 amide bonds. The van der Waals surface area contributed by atoms with Crippen molar-refractivity contribution in [2.75, 3.05) is 0 Å². The topological polar surface area (TPSA) is 40.0 Å². The van der Waals surface area contributed by atoms with Gasteiger partial charge in [-0.05, 0) is 59.3 Å². The van der Waals surface area contributed by atoms with Crippen LogP contribution in [0.5, 0.6) is 0 Å². The zero-order valence-electron chi connectivity index (χ0n) is 28.3. The maximum atomic E-state index is 5.59. The van der Waals surface area contributed by atoms with Gasteiger partial charge in [0.2, 0.25) is 5.95 Å². The molecule has 13 rings (SSSR count). The minimum absolute atomic E-state index is 0.653. The quantitative estimate of drug-likeness (QED) is 0.183. The van der Waals surface area contributed by atoms with Crippen LogP contribution in [0.3, 0.4) is 0 Å². The second-order valence-corrected chi connectivity index (χ2v) is 14.2. The Labute approximate surface area is 301 Å². The Kier molecular flexibility index (Phi) is 5.06. The van der Waals surface area contributed by atoms with Crippen molar-refractivity contribution in [3.05, 3.63) is 164 Å². The van der Waals surface area contributed by atoms with E-state index in [1.165, 1.54) is 70.4 Å². The van der Waals surface area contributed by atoms with Crippen molar-refractivity contribution in [3.63, 3.8) is 0 Å². The number of benzene rings is 8. The van der Waals surface area contributed by atoms with E-state index in [1.54, 1.807) is 0 Å². The summed E-state index contributed by atoms with van der Waals surface area (Å²) < 4.78 is 7.12. The van der Waals surface area contributed by atoms with Gasteiger partial charge in [-0.15, -0.1) is 0 Å². The molecule has 0 aliphatic heterocycles. The van der Waals surface area contributed by atoms with E-state index in [0.717, 1.165) is 38.8 Å². The lowest BCUT2D eigenvalue weighted by atomic mass is 9.98. The Bertz CT molecular complexity index is 3640. The number of fused-ring (bicyclic) bond motifs is 16. The largest absolute Gasteiger partial charge is 0.308 e. The van der Waals surface area contributed by atoms with Crippen molar-refractivity contribution in [2.24, 2.45) is 0 Å². The van der Waals surface area contributed by atoms with Crippen LogP contribution in [-0.2, 0) is 0 Å². The fourth-order valence-electron chi connectivity index (χ4n) is 9.46. The van der Waals surface area contributed by atoms with Gasteiger partial charge in [0.05, 0.1) is 44.1 Å². The Hall–Kier alpha value is -7.24. The maximum absolute atomic E-state index is 5.59. The summed E-state index contributed by atoms with van der Waals surface area (Å²) in [6.07, 6.45) is 0. The molecule has 0 saturated heterocycles. The summed E-state index contributed by atoms with van der Waals surface area (Å²) >= 11 is 0. The van der Waals surface area contributed by atoms with Crippen LogP contribution >= 0.6 is 0 Å². The predicted octanol–water partition coefficient (Wildman–Crippen LogP) is 12.1. The normalized spacial score (nSPS) is 12.5. The number of para-hydroxylation sites is 5. The van der Waals surface area contributed by atoms with Crippen molar-refractivity contribution in [1.82, 2.24) is 23.5 Å². The smallest absolute Gasteiger partial charge is 0.237 e. The van der Waals surface area contributed by atoms with Crippen LogP contribution in [0.2, 0.25) is 0 Å². The minimum Gasteiger partial charge on any atom is -0.308 e. The molecule has 5 aromatic heterocycles. The molecule has 0 unspecified atom stereocenters. The molecule has 0 aliphatic carbocycles. The Morgan fingerprint density at radius 2 is 0.887 bits per heavy atom. The maximum Gasteiger partial charge on any atom is 0.237 e. The summed E-state index contributed by atoms with van der Waals surface area (Å²) in [5, 5.41) is 13.4. The van der Waals surface area contributed by atoms with Crippen LogP contribution in [0.1, 0.15) is 0 Å². The van der Waals surface area contributed by atoms with Crippen LogP contribution in [0.4, 0.5) is 0 Å². The number of rotatable bonds is 2. The zero-order chi connectivity index (χ0) is 34.4. The fraction of sp³-hybridized carbons (Fsp3) is 0. The van der Waals surface area contributed by atoms with Gasteiger partial charge in [-0.25, -0.2) is 4.98 Å². The molecular weight excluding hydrogens is 647 g/mol. The molecule has 0 bridgehead atoms. The van der Waals surface area contributed by atoms with E-state index >= 15 is 0 Å². The number of aromatic nitrogens is 5. The Morgan fingerprint density at radius 3 is 1.62 bits per heavy atom. The summed E-state index contributed by atoms with van der Waals surface area (Å²) in [4.78, 5) is 10.9. The number of hydrogen-bond acceptors (Lipinski definition) is 2. The van der Waals surface area contributed by atoms with Gasteiger partial charge in [0.25, 0.3) is 0 Å². The predicted molar refractivity (Wildman–Crippen MR) is 220 cm³/mol. The van der Waals surface area contributed by atoms with Crippen LogP contribution in [0.25, 0.3) is 115 Å². The second kappa shape index (κ2) is 9.75. The number of hydrogen-bond donors (Lipinski definition) is 0. The molecule has 5 heterocycles. The lowest BCUT2D eigenvalue weighted by molar-refractivity contribution is 0.973. The molecule has 0 radical (unpaired) electrons. The van der Waals surface area contributed by atoms with Crippen molar-refractivity contribution in [2.45, 2.75) is 0 Å². The van der Waals surface area contributed by atoms with E-state index in [2.05, 4.69) is 177 Å². The van der Waals surface area contributed by atoms with Gasteiger partial charge in [-0.2, -0.15) is 4.98 Å². The molecule has 0 atom stereocenters. The molecule has 0 saturated carbocycles. The van der Waals surface area contributed by atoms with Gasteiger partial charge in [-0.1, -0.05) is 115 Å². The van der Waals surface area contributed by atoms with Gasteiger partial charge in [0.15, 0.2) is 5.82 Å². The van der Waals surface area contributed by atoms with Crippen LogP contribution in [-0.4, -0.2) is 23.5 Å². The van der Waals surface area contributed by atoms with Gasteiger partial charge in [0, 0.05) is 48.5 Å². The van der Waals surface area contributed by atoms with E-state index in [0.29, 0.717) is 5.95 Å². The third-order valence-corrected chi connectivity index (χ3v) is 11.6. The monoisotopic (exact) mass is 673 g/mol. The molecule has 0 aliphatic rings. The average Bonchev–Trinajstić information content (AvgIpc) is 3.94. The third-order valence-electron chi connectivity index (χ3n) is 11.6. The van der Waals surface area contributed by atoms with E-state index in [-0.39, 0.29) is 0 Å². The first kappa shape index (κ1) is 27.5. The number of nitrogens with zero attached hydrogens (tertiary/aromatic N) is 5. The second-order valence-electron chi connectivity index (χ2n) is 14.2.